The Bertz CT molecular complexity index is 631. The number of nitrogen functional groups attached to an aromatic ring is 1. The molecule has 0 aliphatic heterocycles. The minimum absolute atomic E-state index is 0.0210. The van der Waals surface area contributed by atoms with Crippen LogP contribution in [0.5, 0.6) is 0 Å². The van der Waals surface area contributed by atoms with Crippen molar-refractivity contribution in [3.8, 4) is 0 Å². The maximum absolute atomic E-state index is 8.76. The number of oxazole rings is 2. The number of nitrogens with zero attached hydrogens (tertiary/aromatic N) is 4. The highest BCUT2D eigenvalue weighted by Crippen LogP contribution is 2.15. The average Bonchev–Trinajstić information content (AvgIpc) is 3.21. The summed E-state index contributed by atoms with van der Waals surface area (Å²) in [4.78, 5) is 7.73. The van der Waals surface area contributed by atoms with E-state index in [0.717, 1.165) is 0 Å². The molecule has 0 spiro atoms. The summed E-state index contributed by atoms with van der Waals surface area (Å²) in [5.74, 6) is 0.994. The molecule has 2 atom stereocenters. The van der Waals surface area contributed by atoms with Crippen LogP contribution in [0.3, 0.4) is 0 Å². The van der Waals surface area contributed by atoms with Crippen LogP contribution in [0, 0.1) is 0 Å². The van der Waals surface area contributed by atoms with Gasteiger partial charge in [-0.25, -0.2) is 9.97 Å². The fourth-order valence-corrected chi connectivity index (χ4v) is 1.56. The van der Waals surface area contributed by atoms with Gasteiger partial charge in [-0.15, -0.1) is 0 Å². The third-order valence-electron chi connectivity index (χ3n) is 2.64. The Morgan fingerprint density at radius 1 is 1.14 bits per heavy atom. The molecule has 0 aliphatic carbocycles. The first kappa shape index (κ1) is 14.8. The minimum atomic E-state index is -0.593. The van der Waals surface area contributed by atoms with Gasteiger partial charge in [-0.05, 0) is 13.8 Å². The number of rotatable bonds is 3. The van der Waals surface area contributed by atoms with Crippen LogP contribution in [0.4, 0.5) is 5.69 Å². The molecule has 3 aromatic rings. The van der Waals surface area contributed by atoms with E-state index in [1.807, 2.05) is 6.92 Å². The Hall–Kier alpha value is -2.61. The highest BCUT2D eigenvalue weighted by molar-refractivity contribution is 5.30. The molecule has 8 heteroatoms. The lowest BCUT2D eigenvalue weighted by atomic mass is 10.3. The van der Waals surface area contributed by atoms with Gasteiger partial charge in [0.05, 0.1) is 24.3 Å². The highest BCUT2D eigenvalue weighted by Gasteiger charge is 2.12. The third kappa shape index (κ3) is 3.93. The van der Waals surface area contributed by atoms with E-state index in [-0.39, 0.29) is 6.04 Å². The first-order valence-electron chi connectivity index (χ1n) is 6.34. The molecule has 0 saturated carbocycles. The molecule has 8 nitrogen and oxygen atoms in total. The van der Waals surface area contributed by atoms with Crippen LogP contribution in [-0.4, -0.2) is 24.9 Å². The van der Waals surface area contributed by atoms with Crippen molar-refractivity contribution in [2.45, 2.75) is 26.0 Å². The van der Waals surface area contributed by atoms with Gasteiger partial charge in [0.15, 0.2) is 0 Å². The predicted molar refractivity (Wildman–Crippen MR) is 74.1 cm³/mol. The monoisotopic (exact) mass is 291 g/mol. The van der Waals surface area contributed by atoms with Crippen LogP contribution in [0.1, 0.15) is 37.8 Å². The molecule has 0 radical (unpaired) electrons. The molecule has 2 unspecified atom stereocenters. The van der Waals surface area contributed by atoms with Crippen LogP contribution < -0.4 is 5.73 Å². The van der Waals surface area contributed by atoms with Crippen LogP contribution >= 0.6 is 0 Å². The van der Waals surface area contributed by atoms with Crippen molar-refractivity contribution in [1.29, 1.82) is 0 Å². The lowest BCUT2D eigenvalue weighted by Gasteiger charge is -2.06. The summed E-state index contributed by atoms with van der Waals surface area (Å²) in [6.07, 6.45) is 8.83. The topological polar surface area (TPSA) is 116 Å². The van der Waals surface area contributed by atoms with Crippen LogP contribution in [-0.2, 0) is 0 Å². The highest BCUT2D eigenvalue weighted by atomic mass is 16.4. The maximum Gasteiger partial charge on any atom is 0.222 e. The van der Waals surface area contributed by atoms with Crippen molar-refractivity contribution < 1.29 is 13.9 Å². The first-order chi connectivity index (χ1) is 10.1. The van der Waals surface area contributed by atoms with Crippen molar-refractivity contribution in [1.82, 2.24) is 19.7 Å². The fraction of sp³-hybridized carbons (Fsp3) is 0.308. The smallest absolute Gasteiger partial charge is 0.222 e. The van der Waals surface area contributed by atoms with Gasteiger partial charge < -0.3 is 19.7 Å². The van der Waals surface area contributed by atoms with Crippen molar-refractivity contribution in [3.05, 3.63) is 49.1 Å². The average molecular weight is 291 g/mol. The van der Waals surface area contributed by atoms with Crippen molar-refractivity contribution in [3.63, 3.8) is 0 Å². The molecule has 0 bridgehead atoms. The Kier molecular flexibility index (Phi) is 4.72. The Balaban J connectivity index is 0.000000173. The number of nitrogens with two attached hydrogens (primary N) is 1. The zero-order chi connectivity index (χ0) is 15.2. The minimum Gasteiger partial charge on any atom is -0.447 e. The van der Waals surface area contributed by atoms with Gasteiger partial charge in [-0.3, -0.25) is 4.68 Å². The zero-order valence-electron chi connectivity index (χ0n) is 11.7. The van der Waals surface area contributed by atoms with Crippen LogP contribution in [0.15, 0.2) is 46.1 Å². The summed E-state index contributed by atoms with van der Waals surface area (Å²) in [6.45, 7) is 3.55. The van der Waals surface area contributed by atoms with E-state index in [1.54, 1.807) is 36.5 Å². The zero-order valence-corrected chi connectivity index (χ0v) is 11.7. The van der Waals surface area contributed by atoms with E-state index in [4.69, 9.17) is 19.7 Å². The van der Waals surface area contributed by atoms with Gasteiger partial charge in [0.1, 0.15) is 24.7 Å². The summed E-state index contributed by atoms with van der Waals surface area (Å²) in [6, 6.07) is -0.0210. The van der Waals surface area contributed by atoms with E-state index in [1.165, 1.54) is 12.5 Å². The maximum atomic E-state index is 8.76. The van der Waals surface area contributed by atoms with Gasteiger partial charge in [0.25, 0.3) is 0 Å². The van der Waals surface area contributed by atoms with E-state index in [2.05, 4.69) is 15.1 Å². The van der Waals surface area contributed by atoms with Crippen molar-refractivity contribution in [2.24, 2.45) is 0 Å². The molecule has 0 fully saturated rings. The van der Waals surface area contributed by atoms with Crippen LogP contribution in [0.25, 0.3) is 0 Å². The summed E-state index contributed by atoms with van der Waals surface area (Å²) in [5, 5.41) is 12.8. The molecule has 0 amide bonds. The molecule has 0 saturated heterocycles. The van der Waals surface area contributed by atoms with Gasteiger partial charge in [-0.2, -0.15) is 5.10 Å². The third-order valence-corrected chi connectivity index (χ3v) is 2.64. The molecular formula is C13H17N5O3. The summed E-state index contributed by atoms with van der Waals surface area (Å²) >= 11 is 0. The predicted octanol–water partition coefficient (Wildman–Crippen LogP) is 1.79. The second kappa shape index (κ2) is 6.71. The second-order valence-electron chi connectivity index (χ2n) is 4.35. The number of anilines is 1. The molecule has 0 aromatic carbocycles. The molecule has 3 N–H and O–H groups in total. The number of hydrogen-bond acceptors (Lipinski definition) is 7. The Morgan fingerprint density at radius 2 is 1.76 bits per heavy atom. The van der Waals surface area contributed by atoms with E-state index in [9.17, 15) is 0 Å². The lowest BCUT2D eigenvalue weighted by Crippen LogP contribution is -2.07. The van der Waals surface area contributed by atoms with Crippen molar-refractivity contribution in [2.75, 3.05) is 5.73 Å². The molecule has 3 heterocycles. The SMILES string of the molecule is CC(O)c1ncco1.CC(c1ncco1)n1cc(N)cn1. The molecule has 3 rings (SSSR count). The number of aromatic nitrogens is 4. The molecule has 3 aromatic heterocycles. The Labute approximate surface area is 121 Å². The normalized spacial score (nSPS) is 13.3. The van der Waals surface area contributed by atoms with Crippen LogP contribution in [0.2, 0.25) is 0 Å². The summed E-state index contributed by atoms with van der Waals surface area (Å²) in [5.41, 5.74) is 6.17. The molecule has 112 valence electrons. The standard InChI is InChI=1S/C8H10N4O.C5H7NO2/c1-6(8-10-2-3-13-8)12-5-7(9)4-11-12;1-4(7)5-6-2-3-8-5/h2-6H,9H2,1H3;2-4,7H,1H3. The van der Waals surface area contributed by atoms with E-state index in [0.29, 0.717) is 17.5 Å². The van der Waals surface area contributed by atoms with E-state index >= 15 is 0 Å². The summed E-state index contributed by atoms with van der Waals surface area (Å²) in [7, 11) is 0. The molecular weight excluding hydrogens is 274 g/mol. The molecule has 0 aliphatic rings. The largest absolute Gasteiger partial charge is 0.447 e. The first-order valence-corrected chi connectivity index (χ1v) is 6.34. The number of hydrogen-bond donors (Lipinski definition) is 2. The molecule has 21 heavy (non-hydrogen) atoms. The summed E-state index contributed by atoms with van der Waals surface area (Å²) < 4.78 is 11.6. The Morgan fingerprint density at radius 3 is 2.14 bits per heavy atom. The van der Waals surface area contributed by atoms with Gasteiger partial charge in [0, 0.05) is 6.20 Å². The van der Waals surface area contributed by atoms with Gasteiger partial charge in [0.2, 0.25) is 11.8 Å². The number of aliphatic hydroxyl groups is 1. The van der Waals surface area contributed by atoms with Gasteiger partial charge in [-0.1, -0.05) is 0 Å². The van der Waals surface area contributed by atoms with Crippen molar-refractivity contribution >= 4 is 5.69 Å². The van der Waals surface area contributed by atoms with Gasteiger partial charge >= 0.3 is 0 Å². The number of aliphatic hydroxyl groups excluding tert-OH is 1. The fourth-order valence-electron chi connectivity index (χ4n) is 1.56. The van der Waals surface area contributed by atoms with E-state index < -0.39 is 6.10 Å². The quantitative estimate of drug-likeness (QED) is 0.755. The lowest BCUT2D eigenvalue weighted by molar-refractivity contribution is 0.163. The second-order valence-corrected chi connectivity index (χ2v) is 4.35.